The molecule has 3 aromatic rings. The van der Waals surface area contributed by atoms with Crippen molar-refractivity contribution in [2.45, 2.75) is 0 Å². The number of nitrogens with one attached hydrogen (secondary N) is 1. The van der Waals surface area contributed by atoms with Gasteiger partial charge in [0.2, 0.25) is 0 Å². The molecule has 0 spiro atoms. The summed E-state index contributed by atoms with van der Waals surface area (Å²) < 4.78 is 29.2. The van der Waals surface area contributed by atoms with E-state index in [9.17, 15) is 8.78 Å². The number of benzene rings is 2. The fraction of sp³-hybridized carbons (Fsp3) is 0. The van der Waals surface area contributed by atoms with E-state index in [-0.39, 0.29) is 21.0 Å². The fourth-order valence-electron chi connectivity index (χ4n) is 2.02. The van der Waals surface area contributed by atoms with Gasteiger partial charge in [0.25, 0.3) is 0 Å². The number of hydrogen-bond donors (Lipinski definition) is 1. The van der Waals surface area contributed by atoms with E-state index in [0.29, 0.717) is 5.52 Å². The Morgan fingerprint density at radius 1 is 1.05 bits per heavy atom. The number of imidazole rings is 1. The lowest BCUT2D eigenvalue weighted by molar-refractivity contribution is 0.619. The molecule has 19 heavy (non-hydrogen) atoms. The molecule has 0 unspecified atom stereocenters. The van der Waals surface area contributed by atoms with Crippen molar-refractivity contribution in [2.75, 3.05) is 0 Å². The van der Waals surface area contributed by atoms with Crippen LogP contribution in [0.25, 0.3) is 16.7 Å². The quantitative estimate of drug-likeness (QED) is 0.650. The van der Waals surface area contributed by atoms with E-state index < -0.39 is 11.6 Å². The number of aromatic amines is 1. The monoisotopic (exact) mass is 296 g/mol. The molecule has 0 atom stereocenters. The van der Waals surface area contributed by atoms with Crippen molar-refractivity contribution in [3.8, 4) is 5.69 Å². The van der Waals surface area contributed by atoms with E-state index >= 15 is 0 Å². The number of hydrogen-bond acceptors (Lipinski definition) is 1. The summed E-state index contributed by atoms with van der Waals surface area (Å²) in [5.41, 5.74) is 0.787. The van der Waals surface area contributed by atoms with Crippen LogP contribution in [0.1, 0.15) is 0 Å². The zero-order chi connectivity index (χ0) is 13.6. The molecule has 0 aliphatic rings. The van der Waals surface area contributed by atoms with Gasteiger partial charge in [-0.3, -0.25) is 4.57 Å². The van der Waals surface area contributed by atoms with Crippen molar-refractivity contribution in [1.82, 2.24) is 9.55 Å². The first-order valence-electron chi connectivity index (χ1n) is 5.43. The third-order valence-electron chi connectivity index (χ3n) is 2.83. The topological polar surface area (TPSA) is 20.7 Å². The second-order valence-electron chi connectivity index (χ2n) is 3.97. The average Bonchev–Trinajstić information content (AvgIpc) is 2.68. The number of halogens is 3. The molecule has 6 heteroatoms. The Bertz CT molecular complexity index is 818. The Hall–Kier alpha value is -1.72. The standard InChI is InChI=1S/C13H7ClF2N2S/c14-7-3-1-5-9(16)12(7)18-10-6-2-4-8(15)11(10)17-13(18)19/h1-6H,(H,17,19). The first-order valence-corrected chi connectivity index (χ1v) is 6.22. The number of nitrogens with zero attached hydrogens (tertiary/aromatic N) is 1. The molecule has 0 bridgehead atoms. The van der Waals surface area contributed by atoms with Crippen LogP contribution in [-0.4, -0.2) is 9.55 Å². The first kappa shape index (κ1) is 12.3. The lowest BCUT2D eigenvalue weighted by Crippen LogP contribution is -1.98. The normalized spacial score (nSPS) is 11.1. The summed E-state index contributed by atoms with van der Waals surface area (Å²) in [5, 5.41) is 0.210. The zero-order valence-electron chi connectivity index (χ0n) is 9.45. The molecule has 0 aliphatic heterocycles. The molecule has 1 heterocycles. The van der Waals surface area contributed by atoms with E-state index in [0.717, 1.165) is 0 Å². The molecule has 0 fully saturated rings. The molecule has 0 aliphatic carbocycles. The van der Waals surface area contributed by atoms with Gasteiger partial charge in [-0.2, -0.15) is 0 Å². The predicted octanol–water partition coefficient (Wildman–Crippen LogP) is 4.62. The summed E-state index contributed by atoms with van der Waals surface area (Å²) in [5.74, 6) is -0.969. The molecule has 0 saturated carbocycles. The number of para-hydroxylation sites is 2. The minimum atomic E-state index is -0.520. The third kappa shape index (κ3) is 1.86. The summed E-state index contributed by atoms with van der Waals surface area (Å²) >= 11 is 11.1. The van der Waals surface area contributed by atoms with Crippen LogP contribution in [0.4, 0.5) is 8.78 Å². The van der Waals surface area contributed by atoms with Gasteiger partial charge in [-0.15, -0.1) is 0 Å². The van der Waals surface area contributed by atoms with Crippen molar-refractivity contribution in [1.29, 1.82) is 0 Å². The average molecular weight is 297 g/mol. The lowest BCUT2D eigenvalue weighted by atomic mass is 10.2. The maximum absolute atomic E-state index is 14.0. The van der Waals surface area contributed by atoms with Crippen LogP contribution < -0.4 is 0 Å². The van der Waals surface area contributed by atoms with Gasteiger partial charge < -0.3 is 4.98 Å². The maximum Gasteiger partial charge on any atom is 0.182 e. The van der Waals surface area contributed by atoms with Crippen LogP contribution in [0.5, 0.6) is 0 Å². The summed E-state index contributed by atoms with van der Waals surface area (Å²) in [4.78, 5) is 2.73. The Balaban J connectivity index is 2.47. The van der Waals surface area contributed by atoms with Crippen molar-refractivity contribution >= 4 is 34.9 Å². The summed E-state index contributed by atoms with van der Waals surface area (Å²) in [6.07, 6.45) is 0. The van der Waals surface area contributed by atoms with Crippen molar-refractivity contribution in [3.05, 3.63) is 57.8 Å². The lowest BCUT2D eigenvalue weighted by Gasteiger charge is -2.08. The van der Waals surface area contributed by atoms with Gasteiger partial charge in [-0.05, 0) is 36.5 Å². The molecule has 0 radical (unpaired) electrons. The number of aromatic nitrogens is 2. The van der Waals surface area contributed by atoms with E-state index in [1.54, 1.807) is 12.1 Å². The Kier molecular flexibility index (Phi) is 2.88. The zero-order valence-corrected chi connectivity index (χ0v) is 11.0. The molecule has 1 N–H and O–H groups in total. The first-order chi connectivity index (χ1) is 9.09. The number of H-pyrrole nitrogens is 1. The van der Waals surface area contributed by atoms with E-state index in [1.807, 2.05) is 0 Å². The minimum Gasteiger partial charge on any atom is -0.328 e. The van der Waals surface area contributed by atoms with Crippen LogP contribution in [0.2, 0.25) is 5.02 Å². The molecular weight excluding hydrogens is 290 g/mol. The van der Waals surface area contributed by atoms with Crippen LogP contribution in [0, 0.1) is 16.4 Å². The Morgan fingerprint density at radius 3 is 2.47 bits per heavy atom. The van der Waals surface area contributed by atoms with Crippen LogP contribution >= 0.6 is 23.8 Å². The van der Waals surface area contributed by atoms with Crippen molar-refractivity contribution in [3.63, 3.8) is 0 Å². The van der Waals surface area contributed by atoms with E-state index in [1.165, 1.54) is 28.8 Å². The van der Waals surface area contributed by atoms with Gasteiger partial charge in [0.1, 0.15) is 22.8 Å². The van der Waals surface area contributed by atoms with E-state index in [4.69, 9.17) is 23.8 Å². The van der Waals surface area contributed by atoms with E-state index in [2.05, 4.69) is 4.98 Å². The van der Waals surface area contributed by atoms with Gasteiger partial charge in [0.05, 0.1) is 10.5 Å². The second-order valence-corrected chi connectivity index (χ2v) is 4.76. The minimum absolute atomic E-state index is 0.117. The highest BCUT2D eigenvalue weighted by atomic mass is 35.5. The van der Waals surface area contributed by atoms with Crippen molar-refractivity contribution < 1.29 is 8.78 Å². The summed E-state index contributed by atoms with van der Waals surface area (Å²) in [6.45, 7) is 0. The Morgan fingerprint density at radius 2 is 1.74 bits per heavy atom. The molecule has 96 valence electrons. The largest absolute Gasteiger partial charge is 0.328 e. The molecule has 3 rings (SSSR count). The fourth-order valence-corrected chi connectivity index (χ4v) is 2.56. The van der Waals surface area contributed by atoms with Gasteiger partial charge in [-0.1, -0.05) is 23.7 Å². The highest BCUT2D eigenvalue weighted by Gasteiger charge is 2.15. The molecule has 0 saturated heterocycles. The SMILES string of the molecule is Fc1cccc(Cl)c1-n1c(=S)[nH]c2c(F)cccc21. The van der Waals surface area contributed by atoms with Crippen LogP contribution in [0.3, 0.4) is 0 Å². The highest BCUT2D eigenvalue weighted by Crippen LogP contribution is 2.28. The number of rotatable bonds is 1. The van der Waals surface area contributed by atoms with Gasteiger partial charge in [0.15, 0.2) is 4.77 Å². The predicted molar refractivity (Wildman–Crippen MR) is 73.4 cm³/mol. The second kappa shape index (κ2) is 4.43. The molecule has 0 amide bonds. The maximum atomic E-state index is 14.0. The summed E-state index contributed by atoms with van der Waals surface area (Å²) in [7, 11) is 0. The summed E-state index contributed by atoms with van der Waals surface area (Å²) in [6, 6.07) is 8.82. The molecule has 1 aromatic heterocycles. The van der Waals surface area contributed by atoms with Crippen molar-refractivity contribution in [2.24, 2.45) is 0 Å². The number of fused-ring (bicyclic) bond motifs is 1. The van der Waals surface area contributed by atoms with Gasteiger partial charge in [-0.25, -0.2) is 8.78 Å². The van der Waals surface area contributed by atoms with Crippen LogP contribution in [0.15, 0.2) is 36.4 Å². The molecular formula is C13H7ClF2N2S. The van der Waals surface area contributed by atoms with Gasteiger partial charge >= 0.3 is 0 Å². The van der Waals surface area contributed by atoms with Gasteiger partial charge in [0, 0.05) is 0 Å². The molecule has 2 nitrogen and oxygen atoms in total. The molecule has 2 aromatic carbocycles. The third-order valence-corrected chi connectivity index (χ3v) is 3.42. The highest BCUT2D eigenvalue weighted by molar-refractivity contribution is 7.71. The smallest absolute Gasteiger partial charge is 0.182 e. The van der Waals surface area contributed by atoms with Crippen LogP contribution in [-0.2, 0) is 0 Å². The Labute approximate surface area is 117 Å².